The maximum absolute atomic E-state index is 5.90. The van der Waals surface area contributed by atoms with Crippen LogP contribution in [0.15, 0.2) is 24.3 Å². The van der Waals surface area contributed by atoms with E-state index in [9.17, 15) is 0 Å². The van der Waals surface area contributed by atoms with E-state index >= 15 is 0 Å². The van der Waals surface area contributed by atoms with E-state index in [-0.39, 0.29) is 6.04 Å². The summed E-state index contributed by atoms with van der Waals surface area (Å²) < 4.78 is 0. The smallest absolute Gasteiger partial charge is 0.0445 e. The van der Waals surface area contributed by atoms with Crippen LogP contribution < -0.4 is 16.0 Å². The van der Waals surface area contributed by atoms with Gasteiger partial charge in [0.1, 0.15) is 0 Å². The Balaban J connectivity index is 2.53. The van der Waals surface area contributed by atoms with E-state index in [4.69, 9.17) is 5.73 Å². The lowest BCUT2D eigenvalue weighted by Crippen LogP contribution is -2.36. The van der Waals surface area contributed by atoms with E-state index in [1.54, 1.807) is 0 Å². The lowest BCUT2D eigenvalue weighted by Gasteiger charge is -2.22. The average Bonchev–Trinajstić information content (AvgIpc) is 2.48. The van der Waals surface area contributed by atoms with Crippen molar-refractivity contribution in [3.8, 4) is 0 Å². The van der Waals surface area contributed by atoms with Crippen molar-refractivity contribution in [3.63, 3.8) is 0 Å². The first kappa shape index (κ1) is 17.0. The van der Waals surface area contributed by atoms with Crippen LogP contribution in [0.25, 0.3) is 0 Å². The molecule has 0 radical (unpaired) electrons. The number of nitrogens with two attached hydrogens (primary N) is 1. The van der Waals surface area contributed by atoms with Crippen molar-refractivity contribution >= 4 is 5.69 Å². The molecule has 0 bridgehead atoms. The molecule has 0 heterocycles. The molecule has 1 aromatic rings. The third-order valence-electron chi connectivity index (χ3n) is 3.76. The first-order valence-electron chi connectivity index (χ1n) is 7.55. The van der Waals surface area contributed by atoms with Gasteiger partial charge < -0.3 is 20.9 Å². The van der Waals surface area contributed by atoms with Crippen molar-refractivity contribution in [3.05, 3.63) is 29.8 Å². The van der Waals surface area contributed by atoms with Crippen molar-refractivity contribution in [2.75, 3.05) is 51.7 Å². The Morgan fingerprint density at radius 1 is 1.10 bits per heavy atom. The highest BCUT2D eigenvalue weighted by atomic mass is 15.1. The lowest BCUT2D eigenvalue weighted by atomic mass is 10.1. The second kappa shape index (κ2) is 8.95. The predicted molar refractivity (Wildman–Crippen MR) is 88.4 cm³/mol. The van der Waals surface area contributed by atoms with Gasteiger partial charge in [-0.3, -0.25) is 0 Å². The van der Waals surface area contributed by atoms with Crippen LogP contribution in [-0.4, -0.2) is 51.7 Å². The fourth-order valence-corrected chi connectivity index (χ4v) is 2.28. The van der Waals surface area contributed by atoms with Crippen molar-refractivity contribution in [1.29, 1.82) is 0 Å². The topological polar surface area (TPSA) is 44.5 Å². The molecule has 0 spiro atoms. The fourth-order valence-electron chi connectivity index (χ4n) is 2.28. The quantitative estimate of drug-likeness (QED) is 0.721. The van der Waals surface area contributed by atoms with Crippen LogP contribution in [0.4, 0.5) is 5.69 Å². The first-order valence-corrected chi connectivity index (χ1v) is 7.55. The van der Waals surface area contributed by atoms with Crippen molar-refractivity contribution < 1.29 is 0 Å². The number of likely N-dealkylation sites (N-methyl/N-ethyl adjacent to an activating group) is 1. The molecule has 1 unspecified atom stereocenters. The number of hydrogen-bond acceptors (Lipinski definition) is 4. The van der Waals surface area contributed by atoms with Gasteiger partial charge in [-0.05, 0) is 30.8 Å². The zero-order valence-corrected chi connectivity index (χ0v) is 13.4. The summed E-state index contributed by atoms with van der Waals surface area (Å²) in [5.41, 5.74) is 8.38. The van der Waals surface area contributed by atoms with E-state index in [0.29, 0.717) is 6.54 Å². The zero-order chi connectivity index (χ0) is 15.0. The number of anilines is 1. The Labute approximate surface area is 123 Å². The largest absolute Gasteiger partial charge is 0.378 e. The van der Waals surface area contributed by atoms with Crippen LogP contribution in [0.5, 0.6) is 0 Å². The third kappa shape index (κ3) is 5.12. The molecular formula is C16H30N4. The van der Waals surface area contributed by atoms with Crippen molar-refractivity contribution in [2.45, 2.75) is 19.9 Å². The summed E-state index contributed by atoms with van der Waals surface area (Å²) in [6.07, 6.45) is 0. The molecule has 0 amide bonds. The Hall–Kier alpha value is -1.10. The minimum absolute atomic E-state index is 0.238. The van der Waals surface area contributed by atoms with Gasteiger partial charge in [-0.25, -0.2) is 0 Å². The molecule has 1 rings (SSSR count). The average molecular weight is 278 g/mol. The molecule has 114 valence electrons. The van der Waals surface area contributed by atoms with Crippen molar-refractivity contribution in [1.82, 2.24) is 10.2 Å². The number of rotatable bonds is 9. The summed E-state index contributed by atoms with van der Waals surface area (Å²) in [5.74, 6) is 0. The molecule has 20 heavy (non-hydrogen) atoms. The number of hydrogen-bond donors (Lipinski definition) is 2. The Kier molecular flexibility index (Phi) is 7.59. The second-order valence-corrected chi connectivity index (χ2v) is 5.26. The standard InChI is InChI=1S/C16H30N4/c1-5-20(6-2)12-11-18-16(13-17)14-7-9-15(10-8-14)19(3)4/h7-10,16,18H,5-6,11-13,17H2,1-4H3. The summed E-state index contributed by atoms with van der Waals surface area (Å²) in [4.78, 5) is 4.52. The van der Waals surface area contributed by atoms with Crippen molar-refractivity contribution in [2.24, 2.45) is 5.73 Å². The summed E-state index contributed by atoms with van der Waals surface area (Å²) in [6.45, 7) is 9.26. The van der Waals surface area contributed by atoms with Gasteiger partial charge in [-0.2, -0.15) is 0 Å². The van der Waals surface area contributed by atoms with Gasteiger partial charge in [0.15, 0.2) is 0 Å². The van der Waals surface area contributed by atoms with Gasteiger partial charge in [0, 0.05) is 45.5 Å². The van der Waals surface area contributed by atoms with Gasteiger partial charge in [0.2, 0.25) is 0 Å². The number of benzene rings is 1. The summed E-state index contributed by atoms with van der Waals surface area (Å²) in [6, 6.07) is 8.85. The molecule has 3 N–H and O–H groups in total. The van der Waals surface area contributed by atoms with Crippen LogP contribution in [0.1, 0.15) is 25.5 Å². The molecule has 4 nitrogen and oxygen atoms in total. The minimum Gasteiger partial charge on any atom is -0.378 e. The Morgan fingerprint density at radius 2 is 1.70 bits per heavy atom. The highest BCUT2D eigenvalue weighted by Crippen LogP contribution is 2.17. The van der Waals surface area contributed by atoms with Gasteiger partial charge >= 0.3 is 0 Å². The third-order valence-corrected chi connectivity index (χ3v) is 3.76. The van der Waals surface area contributed by atoms with Crippen LogP contribution >= 0.6 is 0 Å². The van der Waals surface area contributed by atoms with Crippen LogP contribution in [-0.2, 0) is 0 Å². The Bertz CT molecular complexity index is 357. The maximum atomic E-state index is 5.90. The molecule has 1 aromatic carbocycles. The SMILES string of the molecule is CCN(CC)CCNC(CN)c1ccc(N(C)C)cc1. The molecular weight excluding hydrogens is 248 g/mol. The van der Waals surface area contributed by atoms with Gasteiger partial charge in [-0.1, -0.05) is 26.0 Å². The molecule has 0 aliphatic rings. The van der Waals surface area contributed by atoms with Crippen LogP contribution in [0.3, 0.4) is 0 Å². The highest BCUT2D eigenvalue weighted by Gasteiger charge is 2.09. The van der Waals surface area contributed by atoms with E-state index in [1.165, 1.54) is 11.3 Å². The normalized spacial score (nSPS) is 12.7. The highest BCUT2D eigenvalue weighted by molar-refractivity contribution is 5.46. The molecule has 0 aromatic heterocycles. The predicted octanol–water partition coefficient (Wildman–Crippen LogP) is 1.68. The van der Waals surface area contributed by atoms with E-state index in [1.807, 2.05) is 0 Å². The lowest BCUT2D eigenvalue weighted by molar-refractivity contribution is 0.297. The fraction of sp³-hybridized carbons (Fsp3) is 0.625. The monoisotopic (exact) mass is 278 g/mol. The van der Waals surface area contributed by atoms with E-state index in [2.05, 4.69) is 67.3 Å². The number of nitrogens with one attached hydrogen (secondary N) is 1. The maximum Gasteiger partial charge on any atom is 0.0445 e. The molecule has 0 saturated carbocycles. The van der Waals surface area contributed by atoms with Crippen LogP contribution in [0, 0.1) is 0 Å². The molecule has 0 saturated heterocycles. The Morgan fingerprint density at radius 3 is 2.15 bits per heavy atom. The van der Waals surface area contributed by atoms with Gasteiger partial charge in [-0.15, -0.1) is 0 Å². The molecule has 1 atom stereocenters. The van der Waals surface area contributed by atoms with E-state index < -0.39 is 0 Å². The minimum atomic E-state index is 0.238. The summed E-state index contributed by atoms with van der Waals surface area (Å²) >= 11 is 0. The zero-order valence-electron chi connectivity index (χ0n) is 13.4. The number of nitrogens with zero attached hydrogens (tertiary/aromatic N) is 2. The van der Waals surface area contributed by atoms with E-state index in [0.717, 1.165) is 26.2 Å². The summed E-state index contributed by atoms with van der Waals surface area (Å²) in [7, 11) is 4.11. The summed E-state index contributed by atoms with van der Waals surface area (Å²) in [5, 5.41) is 3.55. The molecule has 0 aliphatic carbocycles. The second-order valence-electron chi connectivity index (χ2n) is 5.26. The molecule has 0 fully saturated rings. The van der Waals surface area contributed by atoms with Crippen LogP contribution in [0.2, 0.25) is 0 Å². The van der Waals surface area contributed by atoms with Gasteiger partial charge in [0.05, 0.1) is 0 Å². The van der Waals surface area contributed by atoms with Gasteiger partial charge in [0.25, 0.3) is 0 Å². The first-order chi connectivity index (χ1) is 9.62. The molecule has 0 aliphatic heterocycles. The molecule has 4 heteroatoms.